The Morgan fingerprint density at radius 2 is 1.96 bits per heavy atom. The van der Waals surface area contributed by atoms with E-state index in [0.717, 1.165) is 24.5 Å². The molecule has 0 atom stereocenters. The molecule has 0 radical (unpaired) electrons. The lowest BCUT2D eigenvalue weighted by Crippen LogP contribution is -2.38. The van der Waals surface area contributed by atoms with Gasteiger partial charge in [-0.3, -0.25) is 4.79 Å². The maximum Gasteiger partial charge on any atom is 0.237 e. The van der Waals surface area contributed by atoms with Gasteiger partial charge in [0.2, 0.25) is 5.91 Å². The van der Waals surface area contributed by atoms with E-state index in [-0.39, 0.29) is 5.91 Å². The summed E-state index contributed by atoms with van der Waals surface area (Å²) in [5, 5.41) is 0.584. The molecule has 2 aromatic rings. The molecule has 0 aromatic heterocycles. The first-order valence-corrected chi connectivity index (χ1v) is 7.95. The van der Waals surface area contributed by atoms with Crippen LogP contribution in [0, 0.1) is 11.6 Å². The Labute approximate surface area is 137 Å². The minimum absolute atomic E-state index is 0.0940. The normalized spacial score (nSPS) is 18.0. The Hall–Kier alpha value is -1.94. The Kier molecular flexibility index (Phi) is 3.20. The van der Waals surface area contributed by atoms with Gasteiger partial charge < -0.3 is 4.90 Å². The molecule has 23 heavy (non-hydrogen) atoms. The maximum absolute atomic E-state index is 13.9. The molecule has 1 heterocycles. The summed E-state index contributed by atoms with van der Waals surface area (Å²) in [6.07, 6.45) is 1.88. The summed E-state index contributed by atoms with van der Waals surface area (Å²) in [7, 11) is 0. The van der Waals surface area contributed by atoms with E-state index in [9.17, 15) is 13.6 Å². The molecule has 0 unspecified atom stereocenters. The molecule has 1 fully saturated rings. The van der Waals surface area contributed by atoms with E-state index in [4.69, 9.17) is 11.6 Å². The molecular formula is C18H14ClF2NO. The number of anilines is 1. The smallest absolute Gasteiger partial charge is 0.237 e. The first kappa shape index (κ1) is 14.6. The van der Waals surface area contributed by atoms with Gasteiger partial charge in [-0.1, -0.05) is 23.7 Å². The number of hydrogen-bond acceptors (Lipinski definition) is 1. The Bertz CT molecular complexity index is 817. The fraction of sp³-hybridized carbons (Fsp3) is 0.278. The fourth-order valence-corrected chi connectivity index (χ4v) is 3.62. The summed E-state index contributed by atoms with van der Waals surface area (Å²) in [4.78, 5) is 14.6. The number of benzene rings is 2. The first-order chi connectivity index (χ1) is 11.0. The van der Waals surface area contributed by atoms with E-state index in [0.29, 0.717) is 29.2 Å². The van der Waals surface area contributed by atoms with Crippen molar-refractivity contribution in [1.29, 1.82) is 0 Å². The topological polar surface area (TPSA) is 20.3 Å². The van der Waals surface area contributed by atoms with Crippen LogP contribution in [0.4, 0.5) is 14.5 Å². The summed E-state index contributed by atoms with van der Waals surface area (Å²) in [5.41, 5.74) is 1.05. The highest BCUT2D eigenvalue weighted by Gasteiger charge is 2.54. The van der Waals surface area contributed by atoms with Gasteiger partial charge in [-0.05, 0) is 43.0 Å². The first-order valence-electron chi connectivity index (χ1n) is 7.57. The third kappa shape index (κ3) is 2.24. The molecule has 4 rings (SSSR count). The van der Waals surface area contributed by atoms with Crippen LogP contribution >= 0.6 is 11.6 Å². The standard InChI is InChI=1S/C18H14ClF2NO/c19-12-3-1-2-11(8-12)18(5-6-18)17(23)22-7-4-14-15(21)9-13(20)10-16(14)22/h1-3,8-10H,4-7H2. The van der Waals surface area contributed by atoms with Crippen LogP contribution in [0.2, 0.25) is 5.02 Å². The molecule has 1 saturated carbocycles. The van der Waals surface area contributed by atoms with Crippen LogP contribution in [0.25, 0.3) is 0 Å². The van der Waals surface area contributed by atoms with Crippen molar-refractivity contribution in [3.63, 3.8) is 0 Å². The third-order valence-electron chi connectivity index (χ3n) is 4.79. The van der Waals surface area contributed by atoms with Gasteiger partial charge in [0.25, 0.3) is 0 Å². The van der Waals surface area contributed by atoms with Gasteiger partial charge in [0.1, 0.15) is 11.6 Å². The summed E-state index contributed by atoms with van der Waals surface area (Å²) < 4.78 is 27.4. The van der Waals surface area contributed by atoms with Crippen LogP contribution in [0.15, 0.2) is 36.4 Å². The molecule has 1 aliphatic heterocycles. The van der Waals surface area contributed by atoms with Crippen molar-refractivity contribution in [3.05, 3.63) is 64.2 Å². The third-order valence-corrected chi connectivity index (χ3v) is 5.03. The number of rotatable bonds is 2. The van der Waals surface area contributed by atoms with Crippen molar-refractivity contribution < 1.29 is 13.6 Å². The van der Waals surface area contributed by atoms with Gasteiger partial charge in [0, 0.05) is 23.2 Å². The van der Waals surface area contributed by atoms with Gasteiger partial charge in [0.15, 0.2) is 0 Å². The molecule has 2 nitrogen and oxygen atoms in total. The maximum atomic E-state index is 13.9. The summed E-state index contributed by atoms with van der Waals surface area (Å²) >= 11 is 6.04. The lowest BCUT2D eigenvalue weighted by Gasteiger charge is -2.24. The predicted molar refractivity (Wildman–Crippen MR) is 84.8 cm³/mol. The van der Waals surface area contributed by atoms with E-state index in [1.54, 1.807) is 12.1 Å². The average molecular weight is 334 g/mol. The number of carbonyl (C=O) groups excluding carboxylic acids is 1. The van der Waals surface area contributed by atoms with E-state index in [1.165, 1.54) is 11.0 Å². The second kappa shape index (κ2) is 5.03. The van der Waals surface area contributed by atoms with Gasteiger partial charge >= 0.3 is 0 Å². The predicted octanol–water partition coefficient (Wildman–Crippen LogP) is 4.24. The summed E-state index contributed by atoms with van der Waals surface area (Å²) in [6.45, 7) is 0.386. The van der Waals surface area contributed by atoms with Crippen molar-refractivity contribution in [1.82, 2.24) is 0 Å². The summed E-state index contributed by atoms with van der Waals surface area (Å²) in [6, 6.07) is 9.40. The molecule has 1 amide bonds. The largest absolute Gasteiger partial charge is 0.311 e. The highest BCUT2D eigenvalue weighted by molar-refractivity contribution is 6.30. The van der Waals surface area contributed by atoms with E-state index >= 15 is 0 Å². The van der Waals surface area contributed by atoms with Gasteiger partial charge in [-0.25, -0.2) is 8.78 Å². The Morgan fingerprint density at radius 3 is 2.65 bits per heavy atom. The Balaban J connectivity index is 1.72. The minimum atomic E-state index is -0.659. The van der Waals surface area contributed by atoms with Crippen LogP contribution in [0.1, 0.15) is 24.0 Å². The van der Waals surface area contributed by atoms with E-state index in [2.05, 4.69) is 0 Å². The van der Waals surface area contributed by atoms with Crippen LogP contribution in [0.5, 0.6) is 0 Å². The fourth-order valence-electron chi connectivity index (χ4n) is 3.43. The Morgan fingerprint density at radius 1 is 1.17 bits per heavy atom. The number of halogens is 3. The van der Waals surface area contributed by atoms with Crippen LogP contribution < -0.4 is 4.90 Å². The number of hydrogen-bond donors (Lipinski definition) is 0. The van der Waals surface area contributed by atoms with Crippen molar-refractivity contribution in [3.8, 4) is 0 Å². The molecule has 5 heteroatoms. The van der Waals surface area contributed by atoms with Gasteiger partial charge in [-0.2, -0.15) is 0 Å². The number of nitrogens with zero attached hydrogens (tertiary/aromatic N) is 1. The highest BCUT2D eigenvalue weighted by atomic mass is 35.5. The van der Waals surface area contributed by atoms with Crippen molar-refractivity contribution in [2.75, 3.05) is 11.4 Å². The lowest BCUT2D eigenvalue weighted by atomic mass is 9.94. The van der Waals surface area contributed by atoms with Crippen molar-refractivity contribution in [2.45, 2.75) is 24.7 Å². The molecule has 118 valence electrons. The quantitative estimate of drug-likeness (QED) is 0.805. The zero-order chi connectivity index (χ0) is 16.2. The molecule has 0 saturated heterocycles. The van der Waals surface area contributed by atoms with Crippen LogP contribution in [-0.4, -0.2) is 12.5 Å². The van der Waals surface area contributed by atoms with Crippen molar-refractivity contribution >= 4 is 23.2 Å². The monoisotopic (exact) mass is 333 g/mol. The minimum Gasteiger partial charge on any atom is -0.311 e. The van der Waals surface area contributed by atoms with Crippen LogP contribution in [-0.2, 0) is 16.6 Å². The molecule has 2 aliphatic rings. The SMILES string of the molecule is O=C(N1CCc2c(F)cc(F)cc21)C1(c2cccc(Cl)c2)CC1. The highest BCUT2D eigenvalue weighted by Crippen LogP contribution is 2.51. The molecule has 2 aromatic carbocycles. The second-order valence-electron chi connectivity index (χ2n) is 6.18. The van der Waals surface area contributed by atoms with E-state index in [1.807, 2.05) is 12.1 Å². The number of carbonyl (C=O) groups is 1. The molecular weight excluding hydrogens is 320 g/mol. The van der Waals surface area contributed by atoms with Crippen molar-refractivity contribution in [2.24, 2.45) is 0 Å². The van der Waals surface area contributed by atoms with E-state index < -0.39 is 17.0 Å². The zero-order valence-electron chi connectivity index (χ0n) is 12.3. The molecule has 1 aliphatic carbocycles. The van der Waals surface area contributed by atoms with Crippen LogP contribution in [0.3, 0.4) is 0 Å². The zero-order valence-corrected chi connectivity index (χ0v) is 13.0. The van der Waals surface area contributed by atoms with Gasteiger partial charge in [-0.15, -0.1) is 0 Å². The number of fused-ring (bicyclic) bond motifs is 1. The van der Waals surface area contributed by atoms with Gasteiger partial charge in [0.05, 0.1) is 11.1 Å². The number of amides is 1. The molecule has 0 bridgehead atoms. The molecule has 0 N–H and O–H groups in total. The molecule has 0 spiro atoms. The average Bonchev–Trinajstić information content (AvgIpc) is 3.21. The summed E-state index contributed by atoms with van der Waals surface area (Å²) in [5.74, 6) is -1.33. The lowest BCUT2D eigenvalue weighted by molar-refractivity contribution is -0.120. The second-order valence-corrected chi connectivity index (χ2v) is 6.62.